The quantitative estimate of drug-likeness (QED) is 0.697. The number of benzene rings is 2. The highest BCUT2D eigenvalue weighted by atomic mass is 32.2. The van der Waals surface area contributed by atoms with Crippen LogP contribution >= 0.6 is 0 Å². The highest BCUT2D eigenvalue weighted by molar-refractivity contribution is 7.89. The zero-order chi connectivity index (χ0) is 21.3. The Morgan fingerprint density at radius 2 is 1.60 bits per heavy atom. The van der Waals surface area contributed by atoms with Gasteiger partial charge < -0.3 is 9.64 Å². The van der Waals surface area contributed by atoms with Crippen molar-refractivity contribution >= 4 is 21.9 Å². The molecule has 2 aliphatic rings. The minimum atomic E-state index is -3.58. The summed E-state index contributed by atoms with van der Waals surface area (Å²) in [5.41, 5.74) is 3.04. The largest absolute Gasteiger partial charge is 0.465 e. The van der Waals surface area contributed by atoms with Crippen molar-refractivity contribution in [2.45, 2.75) is 24.2 Å². The lowest BCUT2D eigenvalue weighted by Gasteiger charge is -2.34. The Balaban J connectivity index is 1.44. The third-order valence-electron chi connectivity index (χ3n) is 5.76. The lowest BCUT2D eigenvalue weighted by Crippen LogP contribution is -2.50. The van der Waals surface area contributed by atoms with E-state index < -0.39 is 16.0 Å². The molecule has 7 nitrogen and oxygen atoms in total. The molecule has 158 valence electrons. The second kappa shape index (κ2) is 8.20. The van der Waals surface area contributed by atoms with E-state index in [1.54, 1.807) is 35.2 Å². The molecule has 0 saturated carbocycles. The van der Waals surface area contributed by atoms with Gasteiger partial charge in [-0.3, -0.25) is 4.79 Å². The van der Waals surface area contributed by atoms with Gasteiger partial charge in [-0.15, -0.1) is 0 Å². The summed E-state index contributed by atoms with van der Waals surface area (Å²) in [5.74, 6) is -0.731. The number of methoxy groups -OCH3 is 1. The van der Waals surface area contributed by atoms with Crippen LogP contribution in [-0.2, 0) is 27.6 Å². The Labute approximate surface area is 176 Å². The molecule has 0 spiro atoms. The Morgan fingerprint density at radius 1 is 0.900 bits per heavy atom. The van der Waals surface area contributed by atoms with Gasteiger partial charge >= 0.3 is 5.97 Å². The van der Waals surface area contributed by atoms with E-state index in [-0.39, 0.29) is 19.0 Å². The first-order valence-corrected chi connectivity index (χ1v) is 11.4. The van der Waals surface area contributed by atoms with Gasteiger partial charge in [-0.05, 0) is 60.7 Å². The number of carbonyl (C=O) groups excluding carboxylic acids is 2. The molecule has 4 rings (SSSR count). The minimum absolute atomic E-state index is 0.227. The van der Waals surface area contributed by atoms with Crippen LogP contribution in [-0.4, -0.2) is 62.8 Å². The molecule has 8 heteroatoms. The minimum Gasteiger partial charge on any atom is -0.465 e. The van der Waals surface area contributed by atoms with E-state index in [9.17, 15) is 18.0 Å². The van der Waals surface area contributed by atoms with E-state index >= 15 is 0 Å². The topological polar surface area (TPSA) is 84.0 Å². The van der Waals surface area contributed by atoms with Crippen LogP contribution in [0.4, 0.5) is 0 Å². The summed E-state index contributed by atoms with van der Waals surface area (Å²) in [6, 6.07) is 11.8. The number of hydrogen-bond acceptors (Lipinski definition) is 5. The predicted octanol–water partition coefficient (Wildman–Crippen LogP) is 2.11. The van der Waals surface area contributed by atoms with Gasteiger partial charge in [-0.1, -0.05) is 12.1 Å². The summed E-state index contributed by atoms with van der Waals surface area (Å²) >= 11 is 0. The van der Waals surface area contributed by atoms with Crippen molar-refractivity contribution in [3.05, 3.63) is 64.7 Å². The molecular weight excluding hydrogens is 404 g/mol. The van der Waals surface area contributed by atoms with Crippen LogP contribution in [0.15, 0.2) is 47.4 Å². The number of rotatable bonds is 4. The van der Waals surface area contributed by atoms with Crippen LogP contribution < -0.4 is 0 Å². The van der Waals surface area contributed by atoms with E-state index in [1.165, 1.54) is 23.0 Å². The maximum absolute atomic E-state index is 13.1. The van der Waals surface area contributed by atoms with Crippen LogP contribution in [0.3, 0.4) is 0 Å². The van der Waals surface area contributed by atoms with Gasteiger partial charge in [-0.2, -0.15) is 4.31 Å². The normalized spacial score (nSPS) is 16.9. The fraction of sp³-hybridized carbons (Fsp3) is 0.364. The molecule has 0 atom stereocenters. The van der Waals surface area contributed by atoms with E-state index in [0.717, 1.165) is 24.8 Å². The Bertz CT molecular complexity index is 1090. The number of aryl methyl sites for hydroxylation is 2. The van der Waals surface area contributed by atoms with E-state index in [4.69, 9.17) is 4.74 Å². The van der Waals surface area contributed by atoms with Crippen molar-refractivity contribution in [2.75, 3.05) is 33.3 Å². The molecule has 1 heterocycles. The summed E-state index contributed by atoms with van der Waals surface area (Å²) in [4.78, 5) is 26.5. The second-order valence-corrected chi connectivity index (χ2v) is 9.49. The maximum Gasteiger partial charge on any atom is 0.337 e. The zero-order valence-electron chi connectivity index (χ0n) is 16.8. The number of sulfonamides is 1. The highest BCUT2D eigenvalue weighted by Gasteiger charge is 2.31. The summed E-state index contributed by atoms with van der Waals surface area (Å²) in [6.07, 6.45) is 3.00. The molecule has 1 fully saturated rings. The lowest BCUT2D eigenvalue weighted by atomic mass is 10.1. The van der Waals surface area contributed by atoms with Crippen LogP contribution in [0.2, 0.25) is 0 Å². The molecule has 2 aromatic rings. The van der Waals surface area contributed by atoms with Crippen molar-refractivity contribution in [3.63, 3.8) is 0 Å². The van der Waals surface area contributed by atoms with Crippen LogP contribution in [0.5, 0.6) is 0 Å². The molecule has 1 saturated heterocycles. The van der Waals surface area contributed by atoms with E-state index in [0.29, 0.717) is 29.1 Å². The third-order valence-corrected chi connectivity index (χ3v) is 7.66. The highest BCUT2D eigenvalue weighted by Crippen LogP contribution is 2.27. The number of fused-ring (bicyclic) bond motifs is 1. The average molecular weight is 429 g/mol. The number of hydrogen-bond donors (Lipinski definition) is 0. The number of carbonyl (C=O) groups is 2. The smallest absolute Gasteiger partial charge is 0.337 e. The number of amides is 1. The average Bonchev–Trinajstić information content (AvgIpc) is 3.26. The van der Waals surface area contributed by atoms with Crippen molar-refractivity contribution in [1.82, 2.24) is 9.21 Å². The molecule has 0 bridgehead atoms. The Morgan fingerprint density at radius 3 is 2.33 bits per heavy atom. The Kier molecular flexibility index (Phi) is 5.62. The first kappa shape index (κ1) is 20.6. The fourth-order valence-corrected chi connectivity index (χ4v) is 5.54. The third kappa shape index (κ3) is 3.85. The molecule has 0 N–H and O–H groups in total. The fourth-order valence-electron chi connectivity index (χ4n) is 4.07. The molecular formula is C22H24N2O5S. The summed E-state index contributed by atoms with van der Waals surface area (Å²) < 4.78 is 32.3. The Hall–Kier alpha value is -2.71. The SMILES string of the molecule is COC(=O)c1cccc(C(=O)N2CCN(S(=O)(=O)c3ccc4c(c3)CCC4)CC2)c1. The van der Waals surface area contributed by atoms with Gasteiger partial charge in [0.05, 0.1) is 17.6 Å². The van der Waals surface area contributed by atoms with Gasteiger partial charge in [-0.25, -0.2) is 13.2 Å². The predicted molar refractivity (Wildman–Crippen MR) is 111 cm³/mol. The second-order valence-electron chi connectivity index (χ2n) is 7.55. The van der Waals surface area contributed by atoms with Gasteiger partial charge in [0.1, 0.15) is 0 Å². The van der Waals surface area contributed by atoms with Crippen LogP contribution in [0, 0.1) is 0 Å². The van der Waals surface area contributed by atoms with Crippen molar-refractivity contribution in [1.29, 1.82) is 0 Å². The summed E-state index contributed by atoms with van der Waals surface area (Å²) in [6.45, 7) is 1.07. The molecule has 1 aliphatic heterocycles. The van der Waals surface area contributed by atoms with Gasteiger partial charge in [0.2, 0.25) is 10.0 Å². The number of piperazine rings is 1. The molecule has 1 aliphatic carbocycles. The maximum atomic E-state index is 13.1. The molecule has 0 radical (unpaired) electrons. The molecule has 2 aromatic carbocycles. The molecule has 1 amide bonds. The number of ether oxygens (including phenoxy) is 1. The standard InChI is InChI=1S/C22H24N2O5S/c1-29-22(26)19-7-3-6-18(14-19)21(25)23-10-12-24(13-11-23)30(27,28)20-9-8-16-4-2-5-17(16)15-20/h3,6-9,14-15H,2,4-5,10-13H2,1H3. The molecule has 30 heavy (non-hydrogen) atoms. The van der Waals surface area contributed by atoms with Crippen LogP contribution in [0.25, 0.3) is 0 Å². The van der Waals surface area contributed by atoms with E-state index in [1.807, 2.05) is 6.07 Å². The molecule has 0 unspecified atom stereocenters. The van der Waals surface area contributed by atoms with Crippen molar-refractivity contribution in [3.8, 4) is 0 Å². The van der Waals surface area contributed by atoms with Crippen molar-refractivity contribution < 1.29 is 22.7 Å². The van der Waals surface area contributed by atoms with Gasteiger partial charge in [0.15, 0.2) is 0 Å². The zero-order valence-corrected chi connectivity index (χ0v) is 17.7. The monoisotopic (exact) mass is 428 g/mol. The van der Waals surface area contributed by atoms with E-state index in [2.05, 4.69) is 0 Å². The number of esters is 1. The van der Waals surface area contributed by atoms with Gasteiger partial charge in [0.25, 0.3) is 5.91 Å². The lowest BCUT2D eigenvalue weighted by molar-refractivity contribution is 0.0600. The summed E-state index contributed by atoms with van der Waals surface area (Å²) in [7, 11) is -2.30. The first-order chi connectivity index (χ1) is 14.4. The molecule has 0 aromatic heterocycles. The number of nitrogens with zero attached hydrogens (tertiary/aromatic N) is 2. The summed E-state index contributed by atoms with van der Waals surface area (Å²) in [5, 5.41) is 0. The van der Waals surface area contributed by atoms with Gasteiger partial charge in [0, 0.05) is 31.7 Å². The van der Waals surface area contributed by atoms with Crippen molar-refractivity contribution in [2.24, 2.45) is 0 Å². The first-order valence-electron chi connectivity index (χ1n) is 10.00. The van der Waals surface area contributed by atoms with Crippen LogP contribution in [0.1, 0.15) is 38.3 Å².